The fourth-order valence-electron chi connectivity index (χ4n) is 3.08. The van der Waals surface area contributed by atoms with E-state index in [1.54, 1.807) is 44.2 Å². The highest BCUT2D eigenvalue weighted by molar-refractivity contribution is 8.01. The molecule has 0 fully saturated rings. The molecule has 1 atom stereocenters. The van der Waals surface area contributed by atoms with Crippen LogP contribution in [0, 0.1) is 0 Å². The fourth-order valence-corrected chi connectivity index (χ4v) is 5.85. The minimum Gasteiger partial charge on any atom is -0.326 e. The first-order valence-electron chi connectivity index (χ1n) is 9.41. The lowest BCUT2D eigenvalue weighted by Crippen LogP contribution is -2.32. The van der Waals surface area contributed by atoms with Gasteiger partial charge in [-0.3, -0.25) is 9.59 Å². The van der Waals surface area contributed by atoms with Gasteiger partial charge in [-0.2, -0.15) is 4.31 Å². The van der Waals surface area contributed by atoms with E-state index in [2.05, 4.69) is 10.6 Å². The van der Waals surface area contributed by atoms with E-state index in [0.29, 0.717) is 29.5 Å². The summed E-state index contributed by atoms with van der Waals surface area (Å²) >= 11 is 7.24. The van der Waals surface area contributed by atoms with E-state index in [0.717, 1.165) is 4.90 Å². The molecule has 10 heteroatoms. The molecule has 1 heterocycles. The number of thioether (sulfide) groups is 1. The number of nitrogens with one attached hydrogen (secondary N) is 2. The highest BCUT2D eigenvalue weighted by Gasteiger charge is 2.29. The smallest absolute Gasteiger partial charge is 0.243 e. The van der Waals surface area contributed by atoms with E-state index < -0.39 is 15.3 Å². The van der Waals surface area contributed by atoms with Crippen LogP contribution in [-0.4, -0.2) is 42.9 Å². The summed E-state index contributed by atoms with van der Waals surface area (Å²) in [5, 5.41) is 5.38. The van der Waals surface area contributed by atoms with Crippen molar-refractivity contribution in [1.82, 2.24) is 4.31 Å². The number of halogens is 1. The van der Waals surface area contributed by atoms with Gasteiger partial charge in [-0.1, -0.05) is 31.5 Å². The molecule has 0 aliphatic carbocycles. The van der Waals surface area contributed by atoms with E-state index in [1.165, 1.54) is 28.2 Å². The molecule has 3 rings (SSSR count). The van der Waals surface area contributed by atoms with Crippen LogP contribution in [-0.2, 0) is 19.6 Å². The summed E-state index contributed by atoms with van der Waals surface area (Å²) in [4.78, 5) is 25.8. The van der Waals surface area contributed by atoms with Crippen molar-refractivity contribution in [2.24, 2.45) is 0 Å². The maximum absolute atomic E-state index is 12.7. The van der Waals surface area contributed by atoms with Gasteiger partial charge in [-0.15, -0.1) is 11.8 Å². The number of carbonyl (C=O) groups excluding carboxylic acids is 2. The summed E-state index contributed by atoms with van der Waals surface area (Å²) in [6.45, 7) is 4.25. The molecular formula is C20H22ClN3O4S2. The van der Waals surface area contributed by atoms with Gasteiger partial charge >= 0.3 is 0 Å². The van der Waals surface area contributed by atoms with Gasteiger partial charge < -0.3 is 10.6 Å². The van der Waals surface area contributed by atoms with E-state index >= 15 is 0 Å². The molecule has 2 aromatic carbocycles. The average Bonchev–Trinajstić information content (AvgIpc) is 2.69. The Kier molecular flexibility index (Phi) is 7.07. The molecule has 160 valence electrons. The quantitative estimate of drug-likeness (QED) is 0.645. The van der Waals surface area contributed by atoms with Gasteiger partial charge in [-0.25, -0.2) is 8.42 Å². The lowest BCUT2D eigenvalue weighted by Gasteiger charge is -2.24. The van der Waals surface area contributed by atoms with Crippen LogP contribution >= 0.6 is 23.4 Å². The van der Waals surface area contributed by atoms with Crippen LogP contribution < -0.4 is 10.6 Å². The summed E-state index contributed by atoms with van der Waals surface area (Å²) in [6.07, 6.45) is -0.0500. The molecule has 0 unspecified atom stereocenters. The Bertz CT molecular complexity index is 1070. The second-order valence-electron chi connectivity index (χ2n) is 6.61. The average molecular weight is 468 g/mol. The summed E-state index contributed by atoms with van der Waals surface area (Å²) in [5.74, 6) is -0.653. The minimum atomic E-state index is -3.63. The highest BCUT2D eigenvalue weighted by atomic mass is 35.5. The van der Waals surface area contributed by atoms with Crippen LogP contribution in [0.25, 0.3) is 0 Å². The van der Waals surface area contributed by atoms with Gasteiger partial charge in [0, 0.05) is 35.1 Å². The Morgan fingerprint density at radius 3 is 2.63 bits per heavy atom. The normalized spacial score (nSPS) is 16.1. The van der Waals surface area contributed by atoms with Crippen LogP contribution in [0.5, 0.6) is 0 Å². The zero-order valence-electron chi connectivity index (χ0n) is 16.5. The van der Waals surface area contributed by atoms with Crippen LogP contribution in [0.3, 0.4) is 0 Å². The molecule has 1 aliphatic heterocycles. The second-order valence-corrected chi connectivity index (χ2v) is 10.2. The molecule has 1 aliphatic rings. The molecule has 7 nitrogen and oxygen atoms in total. The van der Waals surface area contributed by atoms with E-state index in [9.17, 15) is 18.0 Å². The van der Waals surface area contributed by atoms with Gasteiger partial charge in [0.15, 0.2) is 0 Å². The Morgan fingerprint density at radius 1 is 1.20 bits per heavy atom. The fraction of sp³-hybridized carbons (Fsp3) is 0.300. The van der Waals surface area contributed by atoms with Crippen molar-refractivity contribution >= 4 is 56.6 Å². The zero-order valence-corrected chi connectivity index (χ0v) is 18.9. The number of hydrogen-bond acceptors (Lipinski definition) is 5. The Hall–Kier alpha value is -2.07. The maximum Gasteiger partial charge on any atom is 0.243 e. The third kappa shape index (κ3) is 4.97. The first kappa shape index (κ1) is 22.6. The van der Waals surface area contributed by atoms with Crippen molar-refractivity contribution in [1.29, 1.82) is 0 Å². The summed E-state index contributed by atoms with van der Waals surface area (Å²) in [5.41, 5.74) is 0.991. The third-order valence-electron chi connectivity index (χ3n) is 4.59. The molecule has 0 saturated carbocycles. The molecule has 0 saturated heterocycles. The summed E-state index contributed by atoms with van der Waals surface area (Å²) < 4.78 is 26.7. The summed E-state index contributed by atoms with van der Waals surface area (Å²) in [6, 6.07) is 11.3. The first-order valence-corrected chi connectivity index (χ1v) is 12.1. The number of fused-ring (bicyclic) bond motifs is 1. The van der Waals surface area contributed by atoms with Gasteiger partial charge in [0.1, 0.15) is 0 Å². The predicted octanol–water partition coefficient (Wildman–Crippen LogP) is 3.81. The van der Waals surface area contributed by atoms with Crippen molar-refractivity contribution < 1.29 is 18.0 Å². The Balaban J connectivity index is 1.70. The largest absolute Gasteiger partial charge is 0.326 e. The molecule has 2 N–H and O–H groups in total. The summed E-state index contributed by atoms with van der Waals surface area (Å²) in [7, 11) is -3.63. The van der Waals surface area contributed by atoms with Crippen molar-refractivity contribution in [2.75, 3.05) is 23.7 Å². The molecule has 2 amide bonds. The maximum atomic E-state index is 12.7. The Morgan fingerprint density at radius 2 is 1.93 bits per heavy atom. The van der Waals surface area contributed by atoms with Crippen molar-refractivity contribution in [3.8, 4) is 0 Å². The Labute approximate surface area is 185 Å². The lowest BCUT2D eigenvalue weighted by atomic mass is 10.2. The molecule has 2 aromatic rings. The number of sulfonamides is 1. The number of rotatable bonds is 7. The monoisotopic (exact) mass is 467 g/mol. The zero-order chi connectivity index (χ0) is 21.9. The topological polar surface area (TPSA) is 95.6 Å². The molecular weight excluding hydrogens is 446 g/mol. The third-order valence-corrected chi connectivity index (χ3v) is 8.15. The standard InChI is InChI=1S/C20H22ClN3O4S2/c1-3-24(4-2)30(27,28)15-7-5-6-14(11-15)22-19(25)12-18-20(26)23-16-10-13(21)8-9-17(16)29-18/h5-11,18H,3-4,12H2,1-2H3,(H,22,25)(H,23,26)/t18-/m1/s1. The number of anilines is 2. The number of benzene rings is 2. The van der Waals surface area contributed by atoms with Gasteiger partial charge in [0.05, 0.1) is 15.8 Å². The number of amides is 2. The molecule has 0 radical (unpaired) electrons. The van der Waals surface area contributed by atoms with E-state index in [4.69, 9.17) is 11.6 Å². The molecule has 0 spiro atoms. The van der Waals surface area contributed by atoms with Crippen molar-refractivity contribution in [3.63, 3.8) is 0 Å². The van der Waals surface area contributed by atoms with Crippen LogP contribution in [0.15, 0.2) is 52.3 Å². The second kappa shape index (κ2) is 9.38. The van der Waals surface area contributed by atoms with Crippen molar-refractivity contribution in [2.45, 2.75) is 35.3 Å². The van der Waals surface area contributed by atoms with Gasteiger partial charge in [0.2, 0.25) is 21.8 Å². The first-order chi connectivity index (χ1) is 14.2. The predicted molar refractivity (Wildman–Crippen MR) is 120 cm³/mol. The number of carbonyl (C=O) groups is 2. The number of hydrogen-bond donors (Lipinski definition) is 2. The SMILES string of the molecule is CCN(CC)S(=O)(=O)c1cccc(NC(=O)C[C@H]2Sc3ccc(Cl)cc3NC2=O)c1. The van der Waals surface area contributed by atoms with Crippen LogP contribution in [0.1, 0.15) is 20.3 Å². The van der Waals surface area contributed by atoms with Crippen molar-refractivity contribution in [3.05, 3.63) is 47.5 Å². The molecule has 0 bridgehead atoms. The van der Waals surface area contributed by atoms with E-state index in [1.807, 2.05) is 0 Å². The number of nitrogens with zero attached hydrogens (tertiary/aromatic N) is 1. The van der Waals surface area contributed by atoms with E-state index in [-0.39, 0.29) is 23.1 Å². The lowest BCUT2D eigenvalue weighted by molar-refractivity contribution is -0.120. The van der Waals surface area contributed by atoms with Crippen LogP contribution in [0.2, 0.25) is 5.02 Å². The molecule has 30 heavy (non-hydrogen) atoms. The minimum absolute atomic E-state index is 0.0500. The van der Waals surface area contributed by atoms with Crippen LogP contribution in [0.4, 0.5) is 11.4 Å². The van der Waals surface area contributed by atoms with Gasteiger partial charge in [0.25, 0.3) is 0 Å². The molecule has 0 aromatic heterocycles. The highest BCUT2D eigenvalue weighted by Crippen LogP contribution is 2.38. The van der Waals surface area contributed by atoms with Gasteiger partial charge in [-0.05, 0) is 36.4 Å².